The van der Waals surface area contributed by atoms with Crippen molar-refractivity contribution in [2.75, 3.05) is 0 Å². The minimum atomic E-state index is -0.378. The van der Waals surface area contributed by atoms with Gasteiger partial charge in [-0.25, -0.2) is 0 Å². The van der Waals surface area contributed by atoms with Crippen LogP contribution in [-0.2, 0) is 8.65 Å². The first-order chi connectivity index (χ1) is 18.2. The van der Waals surface area contributed by atoms with Crippen molar-refractivity contribution in [3.63, 3.8) is 0 Å². The fraction of sp³-hybridized carbons (Fsp3) is 0.167. The van der Waals surface area contributed by atoms with Gasteiger partial charge < -0.3 is 0 Å². The van der Waals surface area contributed by atoms with E-state index in [4.69, 9.17) is 0 Å². The van der Waals surface area contributed by atoms with Gasteiger partial charge in [-0.1, -0.05) is 151 Å². The minimum Gasteiger partial charge on any atom is -0.0695 e. The van der Waals surface area contributed by atoms with E-state index in [2.05, 4.69) is 157 Å². The Kier molecular flexibility index (Phi) is 5.26. The number of rotatable bonds is 2. The van der Waals surface area contributed by atoms with Crippen LogP contribution < -0.4 is 0 Å². The molecule has 5 aromatic rings. The molecule has 5 aromatic carbocycles. The van der Waals surface area contributed by atoms with Gasteiger partial charge in [-0.15, -0.1) is 0 Å². The second-order valence-corrected chi connectivity index (χ2v) is 13.5. The van der Waals surface area contributed by atoms with Crippen LogP contribution in [0.5, 0.6) is 0 Å². The van der Waals surface area contributed by atoms with Gasteiger partial charge in [0.25, 0.3) is 0 Å². The van der Waals surface area contributed by atoms with Crippen molar-refractivity contribution >= 4 is 31.9 Å². The zero-order chi connectivity index (χ0) is 26.4. The largest absolute Gasteiger partial charge is 0.102 e. The molecule has 0 N–H and O–H groups in total. The molecule has 0 bridgehead atoms. The van der Waals surface area contributed by atoms with Crippen LogP contribution in [0.1, 0.15) is 55.6 Å². The molecular formula is C36H28Br2. The summed E-state index contributed by atoms with van der Waals surface area (Å²) >= 11 is 8.56. The predicted molar refractivity (Wildman–Crippen MR) is 167 cm³/mol. The molecule has 0 aliphatic heterocycles. The second-order valence-electron chi connectivity index (χ2n) is 11.1. The molecule has 38 heavy (non-hydrogen) atoms. The van der Waals surface area contributed by atoms with E-state index < -0.39 is 0 Å². The summed E-state index contributed by atoms with van der Waals surface area (Å²) in [6.07, 6.45) is 0. The van der Waals surface area contributed by atoms with E-state index in [-0.39, 0.29) is 8.65 Å². The van der Waals surface area contributed by atoms with Crippen molar-refractivity contribution in [2.24, 2.45) is 0 Å². The van der Waals surface area contributed by atoms with Gasteiger partial charge in [-0.05, 0) is 83.3 Å². The summed E-state index contributed by atoms with van der Waals surface area (Å²) in [5.74, 6) is 0. The highest BCUT2D eigenvalue weighted by Crippen LogP contribution is 2.59. The molecule has 2 aliphatic rings. The molecule has 0 nitrogen and oxygen atoms in total. The molecule has 7 rings (SSSR count). The number of alkyl halides is 2. The van der Waals surface area contributed by atoms with Gasteiger partial charge >= 0.3 is 0 Å². The molecule has 0 radical (unpaired) electrons. The molecule has 0 unspecified atom stereocenters. The predicted octanol–water partition coefficient (Wildman–Crippen LogP) is 10.3. The monoisotopic (exact) mass is 618 g/mol. The summed E-state index contributed by atoms with van der Waals surface area (Å²) in [6, 6.07) is 36.6. The first-order valence-electron chi connectivity index (χ1n) is 13.2. The number of fused-ring (bicyclic) bond motifs is 6. The Bertz CT molecular complexity index is 1540. The van der Waals surface area contributed by atoms with Crippen molar-refractivity contribution in [1.82, 2.24) is 0 Å². The zero-order valence-corrected chi connectivity index (χ0v) is 25.2. The fourth-order valence-electron chi connectivity index (χ4n) is 6.57. The molecule has 0 amide bonds. The Hall–Kier alpha value is -2.94. The third-order valence-corrected chi connectivity index (χ3v) is 11.1. The van der Waals surface area contributed by atoms with E-state index in [1.807, 2.05) is 0 Å². The van der Waals surface area contributed by atoms with Crippen LogP contribution in [0.3, 0.4) is 0 Å². The molecular weight excluding hydrogens is 592 g/mol. The molecule has 186 valence electrons. The number of halogens is 2. The van der Waals surface area contributed by atoms with Gasteiger partial charge in [0.05, 0.1) is 0 Å². The van der Waals surface area contributed by atoms with E-state index >= 15 is 0 Å². The van der Waals surface area contributed by atoms with Crippen molar-refractivity contribution in [3.05, 3.63) is 153 Å². The number of hydrogen-bond acceptors (Lipinski definition) is 0. The summed E-state index contributed by atoms with van der Waals surface area (Å²) in [5, 5.41) is 0. The lowest BCUT2D eigenvalue weighted by molar-refractivity contribution is 0.922. The summed E-state index contributed by atoms with van der Waals surface area (Å²) in [7, 11) is 0. The average molecular weight is 620 g/mol. The van der Waals surface area contributed by atoms with Crippen LogP contribution in [0.15, 0.2) is 97.1 Å². The Morgan fingerprint density at radius 1 is 0.368 bits per heavy atom. The van der Waals surface area contributed by atoms with Crippen LogP contribution >= 0.6 is 31.9 Å². The van der Waals surface area contributed by atoms with E-state index in [1.54, 1.807) is 0 Å². The molecule has 0 heterocycles. The van der Waals surface area contributed by atoms with Crippen LogP contribution in [0.4, 0.5) is 0 Å². The topological polar surface area (TPSA) is 0 Å². The fourth-order valence-corrected chi connectivity index (χ4v) is 8.48. The van der Waals surface area contributed by atoms with Crippen LogP contribution in [0, 0.1) is 27.7 Å². The molecule has 2 aliphatic carbocycles. The maximum atomic E-state index is 4.28. The van der Waals surface area contributed by atoms with Crippen LogP contribution in [0.25, 0.3) is 22.3 Å². The number of aryl methyl sites for hydroxylation is 4. The third-order valence-electron chi connectivity index (χ3n) is 8.45. The van der Waals surface area contributed by atoms with Gasteiger partial charge in [-0.3, -0.25) is 0 Å². The highest BCUT2D eigenvalue weighted by atomic mass is 79.9. The molecule has 0 saturated carbocycles. The average Bonchev–Trinajstić information content (AvgIpc) is 3.30. The number of hydrogen-bond donors (Lipinski definition) is 0. The van der Waals surface area contributed by atoms with Gasteiger partial charge in [0.2, 0.25) is 0 Å². The highest BCUT2D eigenvalue weighted by molar-refractivity contribution is 9.10. The first-order valence-corrected chi connectivity index (χ1v) is 14.7. The molecule has 2 heteroatoms. The molecule has 0 spiro atoms. The maximum Gasteiger partial charge on any atom is 0.102 e. The van der Waals surface area contributed by atoms with E-state index in [0.29, 0.717) is 0 Å². The zero-order valence-electron chi connectivity index (χ0n) is 22.0. The highest BCUT2D eigenvalue weighted by Gasteiger charge is 2.45. The SMILES string of the molecule is Cc1ccc2c(c1)-c1cc(C)ccc1C2(Br)c1ccc(C2(Br)c3ccc(C)cc3-c3cc(C)ccc32)cc1. The van der Waals surface area contributed by atoms with Crippen molar-refractivity contribution in [2.45, 2.75) is 36.3 Å². The van der Waals surface area contributed by atoms with Crippen LogP contribution in [-0.4, -0.2) is 0 Å². The van der Waals surface area contributed by atoms with Crippen molar-refractivity contribution < 1.29 is 0 Å². The van der Waals surface area contributed by atoms with Gasteiger partial charge in [0.1, 0.15) is 8.65 Å². The Morgan fingerprint density at radius 3 is 0.842 bits per heavy atom. The molecule has 0 aromatic heterocycles. The van der Waals surface area contributed by atoms with Gasteiger partial charge in [0.15, 0.2) is 0 Å². The maximum absolute atomic E-state index is 4.28. The summed E-state index contributed by atoms with van der Waals surface area (Å²) in [6.45, 7) is 8.70. The van der Waals surface area contributed by atoms with E-state index in [0.717, 1.165) is 0 Å². The molecule has 0 fully saturated rings. The van der Waals surface area contributed by atoms with Gasteiger partial charge in [-0.2, -0.15) is 0 Å². The molecule has 0 saturated heterocycles. The Labute approximate surface area is 242 Å². The molecule has 0 atom stereocenters. The lowest BCUT2D eigenvalue weighted by atomic mass is 9.84. The second kappa shape index (κ2) is 8.28. The third kappa shape index (κ3) is 3.20. The summed E-state index contributed by atoms with van der Waals surface area (Å²) < 4.78 is -0.756. The summed E-state index contributed by atoms with van der Waals surface area (Å²) in [4.78, 5) is 0. The summed E-state index contributed by atoms with van der Waals surface area (Å²) in [5.41, 5.74) is 18.2. The standard InChI is InChI=1S/C36H28Br2/c1-21-5-13-31-27(17-21)28-18-22(2)6-14-32(28)35(31,37)25-9-11-26(12-10-25)36(38)33-15-7-23(3)19-29(33)30-20-24(4)8-16-34(30)36/h5-20H,1-4H3. The van der Waals surface area contributed by atoms with Crippen molar-refractivity contribution in [1.29, 1.82) is 0 Å². The quantitative estimate of drug-likeness (QED) is 0.172. The minimum absolute atomic E-state index is 0.378. The normalized spacial score (nSPS) is 15.5. The Morgan fingerprint density at radius 2 is 0.605 bits per heavy atom. The number of benzene rings is 5. The van der Waals surface area contributed by atoms with Crippen molar-refractivity contribution in [3.8, 4) is 22.3 Å². The smallest absolute Gasteiger partial charge is 0.0695 e. The lowest BCUT2D eigenvalue weighted by Gasteiger charge is -2.29. The lowest BCUT2D eigenvalue weighted by Crippen LogP contribution is -2.21. The van der Waals surface area contributed by atoms with E-state index in [9.17, 15) is 0 Å². The Balaban J connectivity index is 1.40. The van der Waals surface area contributed by atoms with E-state index in [1.165, 1.54) is 77.9 Å². The van der Waals surface area contributed by atoms with Gasteiger partial charge in [0, 0.05) is 0 Å². The van der Waals surface area contributed by atoms with Crippen LogP contribution in [0.2, 0.25) is 0 Å². The first kappa shape index (κ1) is 24.1.